The van der Waals surface area contributed by atoms with Gasteiger partial charge in [-0.2, -0.15) is 18.3 Å². The van der Waals surface area contributed by atoms with Crippen molar-refractivity contribution < 1.29 is 18.3 Å². The summed E-state index contributed by atoms with van der Waals surface area (Å²) in [7, 11) is 0. The van der Waals surface area contributed by atoms with Gasteiger partial charge in [-0.05, 0) is 42.5 Å². The van der Waals surface area contributed by atoms with Gasteiger partial charge in [0.05, 0.1) is 11.8 Å². The third-order valence-corrected chi connectivity index (χ3v) is 5.35. The number of benzene rings is 1. The van der Waals surface area contributed by atoms with Gasteiger partial charge in [0, 0.05) is 13.1 Å². The fourth-order valence-corrected chi connectivity index (χ4v) is 3.90. The summed E-state index contributed by atoms with van der Waals surface area (Å²) in [5.41, 5.74) is 0.754. The Balaban J connectivity index is 1.48. The van der Waals surface area contributed by atoms with Crippen LogP contribution in [-0.4, -0.2) is 37.7 Å². The van der Waals surface area contributed by atoms with Crippen molar-refractivity contribution in [1.29, 1.82) is 0 Å². The minimum absolute atomic E-state index is 0.192. The predicted molar refractivity (Wildman–Crippen MR) is 97.9 cm³/mol. The van der Waals surface area contributed by atoms with Crippen molar-refractivity contribution in [2.45, 2.75) is 31.2 Å². The highest BCUT2D eigenvalue weighted by molar-refractivity contribution is 6.29. The molecule has 4 rings (SSSR count). The average molecular weight is 411 g/mol. The summed E-state index contributed by atoms with van der Waals surface area (Å²) in [5.74, 6) is -0.192. The van der Waals surface area contributed by atoms with E-state index < -0.39 is 18.0 Å². The van der Waals surface area contributed by atoms with Crippen LogP contribution >= 0.6 is 11.6 Å². The van der Waals surface area contributed by atoms with Gasteiger partial charge in [0.1, 0.15) is 10.8 Å². The highest BCUT2D eigenvalue weighted by atomic mass is 35.5. The van der Waals surface area contributed by atoms with Gasteiger partial charge >= 0.3 is 6.18 Å². The maximum Gasteiger partial charge on any atom is 0.416 e. The van der Waals surface area contributed by atoms with E-state index in [2.05, 4.69) is 10.1 Å². The lowest BCUT2D eigenvalue weighted by molar-refractivity contribution is -0.138. The summed E-state index contributed by atoms with van der Waals surface area (Å²) in [4.78, 5) is 6.17. The molecule has 9 heteroatoms. The van der Waals surface area contributed by atoms with E-state index in [0.29, 0.717) is 48.0 Å². The molecule has 5 nitrogen and oxygen atoms in total. The summed E-state index contributed by atoms with van der Waals surface area (Å²) in [6.45, 7) is 0.945. The van der Waals surface area contributed by atoms with Crippen LogP contribution in [-0.2, 0) is 6.18 Å². The number of hydrogen-bond donors (Lipinski definition) is 1. The number of aliphatic hydroxyl groups is 1. The maximum absolute atomic E-state index is 13.3. The van der Waals surface area contributed by atoms with E-state index in [0.717, 1.165) is 6.07 Å². The summed E-state index contributed by atoms with van der Waals surface area (Å²) in [6, 6.07) is 9.05. The van der Waals surface area contributed by atoms with Gasteiger partial charge in [-0.25, -0.2) is 9.50 Å². The van der Waals surface area contributed by atoms with Gasteiger partial charge < -0.3 is 5.11 Å². The number of piperidine rings is 1. The van der Waals surface area contributed by atoms with E-state index in [-0.39, 0.29) is 5.92 Å². The molecule has 1 aliphatic rings. The Hall–Kier alpha value is -2.16. The number of nitrogens with zero attached hydrogens (tertiary/aromatic N) is 4. The number of imidazole rings is 1. The molecular weight excluding hydrogens is 393 g/mol. The molecule has 3 heterocycles. The van der Waals surface area contributed by atoms with Crippen LogP contribution in [0.1, 0.15) is 41.8 Å². The number of likely N-dealkylation sites (tertiary alicyclic amines) is 1. The van der Waals surface area contributed by atoms with Gasteiger partial charge in [0.15, 0.2) is 11.9 Å². The third-order valence-electron chi connectivity index (χ3n) is 5.15. The lowest BCUT2D eigenvalue weighted by Crippen LogP contribution is -2.36. The van der Waals surface area contributed by atoms with E-state index in [1.807, 2.05) is 4.90 Å². The van der Waals surface area contributed by atoms with Crippen LogP contribution in [0.4, 0.5) is 13.2 Å². The highest BCUT2D eigenvalue weighted by Gasteiger charge is 2.36. The van der Waals surface area contributed by atoms with Crippen molar-refractivity contribution in [3.63, 3.8) is 0 Å². The SMILES string of the molecule is OC(c1cn2nc(Cl)ccc2n1)N1CCC(c2ccccc2C(F)(F)F)CC1. The number of rotatable bonds is 3. The van der Waals surface area contributed by atoms with Crippen molar-refractivity contribution in [3.05, 3.63) is 64.6 Å². The number of aromatic nitrogens is 3. The smallest absolute Gasteiger partial charge is 0.372 e. The molecule has 0 spiro atoms. The van der Waals surface area contributed by atoms with Crippen LogP contribution in [0.15, 0.2) is 42.6 Å². The molecule has 3 aromatic rings. The molecule has 148 valence electrons. The summed E-state index contributed by atoms with van der Waals surface area (Å²) < 4.78 is 41.3. The number of aliphatic hydroxyl groups excluding tert-OH is 1. The Morgan fingerprint density at radius 2 is 1.82 bits per heavy atom. The first-order valence-electron chi connectivity index (χ1n) is 8.93. The van der Waals surface area contributed by atoms with Crippen LogP contribution in [0.5, 0.6) is 0 Å². The van der Waals surface area contributed by atoms with Gasteiger partial charge in [0.2, 0.25) is 0 Å². The number of hydrogen-bond acceptors (Lipinski definition) is 4. The largest absolute Gasteiger partial charge is 0.416 e. The van der Waals surface area contributed by atoms with E-state index in [9.17, 15) is 18.3 Å². The second-order valence-electron chi connectivity index (χ2n) is 6.89. The zero-order valence-corrected chi connectivity index (χ0v) is 15.5. The van der Waals surface area contributed by atoms with Crippen LogP contribution in [0.2, 0.25) is 5.15 Å². The molecule has 2 aromatic heterocycles. The molecule has 1 aliphatic heterocycles. The number of halogens is 4. The Bertz CT molecular complexity index is 983. The zero-order chi connectivity index (χ0) is 19.9. The fourth-order valence-electron chi connectivity index (χ4n) is 3.75. The number of fused-ring (bicyclic) bond motifs is 1. The molecule has 1 fully saturated rings. The van der Waals surface area contributed by atoms with E-state index in [4.69, 9.17) is 11.6 Å². The normalized spacial score (nSPS) is 17.9. The number of alkyl halides is 3. The molecule has 28 heavy (non-hydrogen) atoms. The Labute approximate surface area is 164 Å². The van der Waals surface area contributed by atoms with Crippen molar-refractivity contribution in [2.24, 2.45) is 0 Å². The van der Waals surface area contributed by atoms with Crippen molar-refractivity contribution in [3.8, 4) is 0 Å². The minimum Gasteiger partial charge on any atom is -0.372 e. The van der Waals surface area contributed by atoms with Crippen LogP contribution < -0.4 is 0 Å². The first-order valence-corrected chi connectivity index (χ1v) is 9.31. The molecule has 1 N–H and O–H groups in total. The van der Waals surface area contributed by atoms with Crippen LogP contribution in [0.3, 0.4) is 0 Å². The Kier molecular flexibility index (Phi) is 5.03. The topological polar surface area (TPSA) is 53.7 Å². The molecule has 1 aromatic carbocycles. The Morgan fingerprint density at radius 3 is 2.54 bits per heavy atom. The predicted octanol–water partition coefficient (Wildman–Crippen LogP) is 4.27. The van der Waals surface area contributed by atoms with Crippen LogP contribution in [0, 0.1) is 0 Å². The molecule has 0 saturated carbocycles. The highest BCUT2D eigenvalue weighted by Crippen LogP contribution is 2.39. The Morgan fingerprint density at radius 1 is 1.11 bits per heavy atom. The lowest BCUT2D eigenvalue weighted by Gasteiger charge is -2.35. The molecule has 1 saturated heterocycles. The molecule has 0 bridgehead atoms. The minimum atomic E-state index is -4.36. The van der Waals surface area contributed by atoms with Gasteiger partial charge in [-0.15, -0.1) is 0 Å². The molecular formula is C19H18ClF3N4O. The quantitative estimate of drug-likeness (QED) is 0.700. The van der Waals surface area contributed by atoms with E-state index in [1.54, 1.807) is 30.5 Å². The average Bonchev–Trinajstić information content (AvgIpc) is 3.10. The van der Waals surface area contributed by atoms with Crippen molar-refractivity contribution in [1.82, 2.24) is 19.5 Å². The fraction of sp³-hybridized carbons (Fsp3) is 0.368. The van der Waals surface area contributed by atoms with Crippen molar-refractivity contribution in [2.75, 3.05) is 13.1 Å². The van der Waals surface area contributed by atoms with E-state index in [1.165, 1.54) is 10.6 Å². The molecule has 0 amide bonds. The first-order chi connectivity index (χ1) is 13.3. The second kappa shape index (κ2) is 7.35. The van der Waals surface area contributed by atoms with Gasteiger partial charge in [-0.1, -0.05) is 29.8 Å². The van der Waals surface area contributed by atoms with Crippen molar-refractivity contribution >= 4 is 17.2 Å². The molecule has 1 unspecified atom stereocenters. The molecule has 0 radical (unpaired) electrons. The zero-order valence-electron chi connectivity index (χ0n) is 14.8. The summed E-state index contributed by atoms with van der Waals surface area (Å²) >= 11 is 5.86. The summed E-state index contributed by atoms with van der Waals surface area (Å²) in [6.07, 6.45) is -2.64. The second-order valence-corrected chi connectivity index (χ2v) is 7.28. The monoisotopic (exact) mass is 410 g/mol. The maximum atomic E-state index is 13.3. The first kappa shape index (κ1) is 19.2. The van der Waals surface area contributed by atoms with Gasteiger partial charge in [-0.3, -0.25) is 4.90 Å². The third kappa shape index (κ3) is 3.72. The van der Waals surface area contributed by atoms with E-state index >= 15 is 0 Å². The molecule has 1 atom stereocenters. The summed E-state index contributed by atoms with van der Waals surface area (Å²) in [5, 5.41) is 15.1. The lowest BCUT2D eigenvalue weighted by atomic mass is 9.86. The standard InChI is InChI=1S/C19H18ClF3N4O/c20-16-5-6-17-24-15(11-27(17)25-16)18(28)26-9-7-12(8-10-26)13-3-1-2-4-14(13)19(21,22)23/h1-6,11-12,18,28H,7-10H2. The van der Waals surface area contributed by atoms with Crippen LogP contribution in [0.25, 0.3) is 5.65 Å². The van der Waals surface area contributed by atoms with Gasteiger partial charge in [0.25, 0.3) is 0 Å². The molecule has 0 aliphatic carbocycles.